The Labute approximate surface area is 181 Å². The van der Waals surface area contributed by atoms with Crippen molar-refractivity contribution in [1.29, 1.82) is 5.26 Å². The first-order chi connectivity index (χ1) is 15.1. The van der Waals surface area contributed by atoms with Gasteiger partial charge in [-0.1, -0.05) is 30.3 Å². The van der Waals surface area contributed by atoms with Crippen molar-refractivity contribution < 1.29 is 14.3 Å². The Morgan fingerprint density at radius 3 is 2.68 bits per heavy atom. The first kappa shape index (κ1) is 20.4. The second-order valence-electron chi connectivity index (χ2n) is 7.63. The van der Waals surface area contributed by atoms with Crippen LogP contribution in [0.3, 0.4) is 0 Å². The fourth-order valence-electron chi connectivity index (χ4n) is 4.09. The normalized spacial score (nSPS) is 15.9. The van der Waals surface area contributed by atoms with Crippen molar-refractivity contribution in [1.82, 2.24) is 4.90 Å². The first-order valence-corrected chi connectivity index (χ1v) is 10.3. The third-order valence-corrected chi connectivity index (χ3v) is 5.67. The van der Waals surface area contributed by atoms with Crippen LogP contribution in [0.2, 0.25) is 0 Å². The number of nitriles is 1. The lowest BCUT2D eigenvalue weighted by Crippen LogP contribution is -2.43. The van der Waals surface area contributed by atoms with Crippen molar-refractivity contribution in [3.05, 3.63) is 71.8 Å². The number of methoxy groups -OCH3 is 1. The number of nitrogens with one attached hydrogen (secondary N) is 1. The van der Waals surface area contributed by atoms with Crippen LogP contribution >= 0.6 is 0 Å². The van der Waals surface area contributed by atoms with Crippen LogP contribution in [0.15, 0.2) is 60.7 Å². The number of ether oxygens (including phenoxy) is 1. The fourth-order valence-corrected chi connectivity index (χ4v) is 4.09. The number of carbonyl (C=O) groups is 2. The summed E-state index contributed by atoms with van der Waals surface area (Å²) in [5.74, 6) is 0.214. The summed E-state index contributed by atoms with van der Waals surface area (Å²) in [6.07, 6.45) is 1.48. The Bertz CT molecular complexity index is 1180. The molecule has 1 fully saturated rings. The monoisotopic (exact) mass is 413 g/mol. The zero-order valence-electron chi connectivity index (χ0n) is 17.3. The third kappa shape index (κ3) is 4.22. The van der Waals surface area contributed by atoms with E-state index in [2.05, 4.69) is 11.4 Å². The maximum absolute atomic E-state index is 13.3. The summed E-state index contributed by atoms with van der Waals surface area (Å²) in [5, 5.41) is 13.7. The molecule has 2 amide bonds. The average molecular weight is 413 g/mol. The van der Waals surface area contributed by atoms with Crippen molar-refractivity contribution in [3.63, 3.8) is 0 Å². The summed E-state index contributed by atoms with van der Waals surface area (Å²) in [6.45, 7) is 0.982. The van der Waals surface area contributed by atoms with E-state index in [1.165, 1.54) is 0 Å². The van der Waals surface area contributed by atoms with E-state index < -0.39 is 0 Å². The lowest BCUT2D eigenvalue weighted by atomic mass is 9.95. The van der Waals surface area contributed by atoms with E-state index in [-0.39, 0.29) is 17.7 Å². The molecule has 1 saturated heterocycles. The molecule has 6 heteroatoms. The van der Waals surface area contributed by atoms with Gasteiger partial charge in [-0.3, -0.25) is 9.59 Å². The van der Waals surface area contributed by atoms with Crippen molar-refractivity contribution in [2.75, 3.05) is 25.5 Å². The maximum atomic E-state index is 13.3. The molecule has 0 spiro atoms. The van der Waals surface area contributed by atoms with Gasteiger partial charge in [0.1, 0.15) is 5.75 Å². The van der Waals surface area contributed by atoms with Crippen LogP contribution in [0.25, 0.3) is 10.8 Å². The van der Waals surface area contributed by atoms with E-state index in [0.717, 1.165) is 29.4 Å². The number of anilines is 1. The molecule has 1 N–H and O–H groups in total. The molecule has 4 rings (SSSR count). The standard InChI is InChI=1S/C25H23N3O3/c1-31-23-12-11-22(20-9-2-3-10-21(20)23)25(30)28-13-5-7-18(16-28)24(29)27-19-8-4-6-17(14-19)15-26/h2-4,6,8-12,14,18H,5,7,13,16H2,1H3,(H,27,29). The number of benzene rings is 3. The summed E-state index contributed by atoms with van der Waals surface area (Å²) >= 11 is 0. The Balaban J connectivity index is 1.52. The highest BCUT2D eigenvalue weighted by molar-refractivity contribution is 6.08. The maximum Gasteiger partial charge on any atom is 0.254 e. The van der Waals surface area contributed by atoms with Crippen LogP contribution in [0.4, 0.5) is 5.69 Å². The van der Waals surface area contributed by atoms with Gasteiger partial charge in [-0.05, 0) is 48.6 Å². The average Bonchev–Trinajstić information content (AvgIpc) is 2.83. The number of likely N-dealkylation sites (tertiary alicyclic amines) is 1. The number of fused-ring (bicyclic) bond motifs is 1. The molecule has 0 radical (unpaired) electrons. The highest BCUT2D eigenvalue weighted by Crippen LogP contribution is 2.30. The number of rotatable bonds is 4. The van der Waals surface area contributed by atoms with Gasteiger partial charge in [0.05, 0.1) is 24.7 Å². The van der Waals surface area contributed by atoms with Gasteiger partial charge < -0.3 is 15.0 Å². The fraction of sp³-hybridized carbons (Fsp3) is 0.240. The number of piperidine rings is 1. The second kappa shape index (κ2) is 8.88. The van der Waals surface area contributed by atoms with Gasteiger partial charge in [-0.25, -0.2) is 0 Å². The predicted octanol–water partition coefficient (Wildman–Crippen LogP) is 4.21. The van der Waals surface area contributed by atoms with Gasteiger partial charge in [-0.15, -0.1) is 0 Å². The molecule has 1 heterocycles. The van der Waals surface area contributed by atoms with Gasteiger partial charge in [0.2, 0.25) is 5.91 Å². The largest absolute Gasteiger partial charge is 0.496 e. The zero-order valence-corrected chi connectivity index (χ0v) is 17.3. The van der Waals surface area contributed by atoms with E-state index in [4.69, 9.17) is 10.00 Å². The second-order valence-corrected chi connectivity index (χ2v) is 7.63. The number of nitrogens with zero attached hydrogens (tertiary/aromatic N) is 2. The molecule has 0 saturated carbocycles. The molecule has 3 aromatic carbocycles. The quantitative estimate of drug-likeness (QED) is 0.695. The van der Waals surface area contributed by atoms with Crippen molar-refractivity contribution in [2.45, 2.75) is 12.8 Å². The van der Waals surface area contributed by atoms with Gasteiger partial charge in [0.15, 0.2) is 0 Å². The molecule has 0 aliphatic carbocycles. The molecular weight excluding hydrogens is 390 g/mol. The van der Waals surface area contributed by atoms with E-state index in [1.807, 2.05) is 30.3 Å². The molecular formula is C25H23N3O3. The Hall–Kier alpha value is -3.85. The summed E-state index contributed by atoms with van der Waals surface area (Å²) < 4.78 is 5.43. The molecule has 1 aliphatic rings. The smallest absolute Gasteiger partial charge is 0.254 e. The Morgan fingerprint density at radius 1 is 1.10 bits per heavy atom. The van der Waals surface area contributed by atoms with Crippen LogP contribution in [-0.2, 0) is 4.79 Å². The highest BCUT2D eigenvalue weighted by Gasteiger charge is 2.29. The molecule has 156 valence electrons. The summed E-state index contributed by atoms with van der Waals surface area (Å²) in [7, 11) is 1.61. The lowest BCUT2D eigenvalue weighted by molar-refractivity contribution is -0.121. The van der Waals surface area contributed by atoms with Crippen LogP contribution in [0.5, 0.6) is 5.75 Å². The topological polar surface area (TPSA) is 82.4 Å². The minimum Gasteiger partial charge on any atom is -0.496 e. The number of carbonyl (C=O) groups excluding carboxylic acids is 2. The number of hydrogen-bond acceptors (Lipinski definition) is 4. The van der Waals surface area contributed by atoms with E-state index >= 15 is 0 Å². The van der Waals surface area contributed by atoms with E-state index in [1.54, 1.807) is 42.3 Å². The van der Waals surface area contributed by atoms with Gasteiger partial charge >= 0.3 is 0 Å². The number of hydrogen-bond donors (Lipinski definition) is 1. The molecule has 1 unspecified atom stereocenters. The number of amides is 2. The predicted molar refractivity (Wildman–Crippen MR) is 119 cm³/mol. The van der Waals surface area contributed by atoms with Gasteiger partial charge in [-0.2, -0.15) is 5.26 Å². The SMILES string of the molecule is COc1ccc(C(=O)N2CCCC(C(=O)Nc3cccc(C#N)c3)C2)c2ccccc12. The Kier molecular flexibility index (Phi) is 5.85. The molecule has 0 bridgehead atoms. The van der Waals surface area contributed by atoms with Crippen LogP contribution in [0, 0.1) is 17.2 Å². The minimum absolute atomic E-state index is 0.0807. The van der Waals surface area contributed by atoms with Gasteiger partial charge in [0, 0.05) is 29.7 Å². The zero-order chi connectivity index (χ0) is 21.8. The molecule has 3 aromatic rings. The highest BCUT2D eigenvalue weighted by atomic mass is 16.5. The third-order valence-electron chi connectivity index (χ3n) is 5.67. The van der Waals surface area contributed by atoms with E-state index in [0.29, 0.717) is 29.9 Å². The van der Waals surface area contributed by atoms with Crippen molar-refractivity contribution in [2.24, 2.45) is 5.92 Å². The van der Waals surface area contributed by atoms with Crippen LogP contribution < -0.4 is 10.1 Å². The summed E-state index contributed by atoms with van der Waals surface area (Å²) in [5.41, 5.74) is 1.69. The van der Waals surface area contributed by atoms with Crippen LogP contribution in [0.1, 0.15) is 28.8 Å². The minimum atomic E-state index is -0.298. The molecule has 0 aromatic heterocycles. The van der Waals surface area contributed by atoms with E-state index in [9.17, 15) is 9.59 Å². The molecule has 31 heavy (non-hydrogen) atoms. The first-order valence-electron chi connectivity index (χ1n) is 10.3. The Morgan fingerprint density at radius 2 is 1.90 bits per heavy atom. The molecule has 1 atom stereocenters. The lowest BCUT2D eigenvalue weighted by Gasteiger charge is -2.32. The van der Waals surface area contributed by atoms with Crippen LogP contribution in [-0.4, -0.2) is 36.9 Å². The van der Waals surface area contributed by atoms with Crippen molar-refractivity contribution in [3.8, 4) is 11.8 Å². The van der Waals surface area contributed by atoms with Crippen molar-refractivity contribution >= 4 is 28.3 Å². The molecule has 6 nitrogen and oxygen atoms in total. The summed E-state index contributed by atoms with van der Waals surface area (Å²) in [4.78, 5) is 27.9. The molecule has 1 aliphatic heterocycles. The van der Waals surface area contributed by atoms with Gasteiger partial charge in [0.25, 0.3) is 5.91 Å². The summed E-state index contributed by atoms with van der Waals surface area (Å²) in [6, 6.07) is 20.2.